The van der Waals surface area contributed by atoms with Gasteiger partial charge >= 0.3 is 0 Å². The normalized spacial score (nSPS) is 18.3. The van der Waals surface area contributed by atoms with Gasteiger partial charge in [-0.1, -0.05) is 41.9 Å². The van der Waals surface area contributed by atoms with Gasteiger partial charge < -0.3 is 9.80 Å². The number of hydrogen-bond donors (Lipinski definition) is 0. The van der Waals surface area contributed by atoms with Gasteiger partial charge in [-0.15, -0.1) is 0 Å². The van der Waals surface area contributed by atoms with Crippen LogP contribution in [0.25, 0.3) is 5.57 Å². The summed E-state index contributed by atoms with van der Waals surface area (Å²) in [6, 6.07) is 13.3. The summed E-state index contributed by atoms with van der Waals surface area (Å²) >= 11 is 6.04. The van der Waals surface area contributed by atoms with Gasteiger partial charge in [0.2, 0.25) is 0 Å². The third-order valence-electron chi connectivity index (χ3n) is 6.15. The molecule has 2 aliphatic heterocycles. The molecule has 4 rings (SSSR count). The standard InChI is InChI=1S/C24H25ClFN3O2/c1-27-13-11-19(12-14-27)28(2)22-21(16-7-9-18(25)10-8-16)23(30)29(24(22)31)15-17-5-3-4-6-20(17)26/h3-10,19H,11-15H2,1-2H3. The largest absolute Gasteiger partial charge is 0.366 e. The molecule has 2 aromatic carbocycles. The molecule has 0 radical (unpaired) electrons. The van der Waals surface area contributed by atoms with Crippen molar-refractivity contribution < 1.29 is 14.0 Å². The molecule has 31 heavy (non-hydrogen) atoms. The monoisotopic (exact) mass is 441 g/mol. The van der Waals surface area contributed by atoms with E-state index in [4.69, 9.17) is 11.6 Å². The Morgan fingerprint density at radius 3 is 2.32 bits per heavy atom. The van der Waals surface area contributed by atoms with E-state index < -0.39 is 11.7 Å². The number of likely N-dealkylation sites (tertiary alicyclic amines) is 1. The van der Waals surface area contributed by atoms with Crippen molar-refractivity contribution in [3.05, 3.63) is 76.2 Å². The molecule has 162 valence electrons. The van der Waals surface area contributed by atoms with E-state index in [-0.39, 0.29) is 18.5 Å². The van der Waals surface area contributed by atoms with Crippen LogP contribution in [-0.2, 0) is 16.1 Å². The topological polar surface area (TPSA) is 43.9 Å². The predicted molar refractivity (Wildman–Crippen MR) is 119 cm³/mol. The Bertz CT molecular complexity index is 1030. The molecule has 2 heterocycles. The highest BCUT2D eigenvalue weighted by Gasteiger charge is 2.42. The maximum Gasteiger partial charge on any atom is 0.278 e. The molecular formula is C24H25ClFN3O2. The number of amides is 2. The van der Waals surface area contributed by atoms with Crippen molar-refractivity contribution in [3.8, 4) is 0 Å². The minimum Gasteiger partial charge on any atom is -0.366 e. The maximum atomic E-state index is 14.3. The van der Waals surface area contributed by atoms with Gasteiger partial charge in [-0.25, -0.2) is 4.39 Å². The number of rotatable bonds is 5. The van der Waals surface area contributed by atoms with Crippen molar-refractivity contribution in [3.63, 3.8) is 0 Å². The van der Waals surface area contributed by atoms with E-state index in [1.807, 2.05) is 11.9 Å². The predicted octanol–water partition coefficient (Wildman–Crippen LogP) is 3.79. The molecule has 2 amide bonds. The van der Waals surface area contributed by atoms with Crippen molar-refractivity contribution >= 4 is 29.0 Å². The number of imide groups is 1. The van der Waals surface area contributed by atoms with E-state index >= 15 is 0 Å². The van der Waals surface area contributed by atoms with Crippen LogP contribution in [0.1, 0.15) is 24.0 Å². The van der Waals surface area contributed by atoms with E-state index in [0.717, 1.165) is 30.8 Å². The number of halogens is 2. The molecule has 5 nitrogen and oxygen atoms in total. The Morgan fingerprint density at radius 1 is 1.03 bits per heavy atom. The number of carbonyl (C=O) groups excluding carboxylic acids is 2. The second-order valence-electron chi connectivity index (χ2n) is 8.16. The highest BCUT2D eigenvalue weighted by molar-refractivity contribution is 6.35. The minimum atomic E-state index is -0.437. The average molecular weight is 442 g/mol. The molecule has 0 bridgehead atoms. The second-order valence-corrected chi connectivity index (χ2v) is 8.60. The van der Waals surface area contributed by atoms with Crippen molar-refractivity contribution in [1.29, 1.82) is 0 Å². The van der Waals surface area contributed by atoms with E-state index in [9.17, 15) is 14.0 Å². The Morgan fingerprint density at radius 2 is 1.68 bits per heavy atom. The highest BCUT2D eigenvalue weighted by Crippen LogP contribution is 2.35. The van der Waals surface area contributed by atoms with Crippen molar-refractivity contribution in [2.75, 3.05) is 27.2 Å². The lowest BCUT2D eigenvalue weighted by molar-refractivity contribution is -0.138. The molecule has 1 saturated heterocycles. The van der Waals surface area contributed by atoms with Crippen LogP contribution in [0, 0.1) is 5.82 Å². The van der Waals surface area contributed by atoms with E-state index in [1.54, 1.807) is 42.5 Å². The first kappa shape index (κ1) is 21.5. The molecule has 7 heteroatoms. The lowest BCUT2D eigenvalue weighted by Crippen LogP contribution is -2.43. The lowest BCUT2D eigenvalue weighted by Gasteiger charge is -2.36. The van der Waals surface area contributed by atoms with Crippen LogP contribution in [-0.4, -0.2) is 59.7 Å². The SMILES string of the molecule is CN1CCC(N(C)C2=C(c3ccc(Cl)cc3)C(=O)N(Cc3ccccc3F)C2=O)CC1. The first-order valence-corrected chi connectivity index (χ1v) is 10.8. The van der Waals surface area contributed by atoms with Crippen LogP contribution in [0.4, 0.5) is 4.39 Å². The fraction of sp³-hybridized carbons (Fsp3) is 0.333. The van der Waals surface area contributed by atoms with Crippen LogP contribution in [0.2, 0.25) is 5.02 Å². The summed E-state index contributed by atoms with van der Waals surface area (Å²) in [4.78, 5) is 32.2. The fourth-order valence-corrected chi connectivity index (χ4v) is 4.40. The maximum absolute atomic E-state index is 14.3. The number of piperidine rings is 1. The zero-order valence-corrected chi connectivity index (χ0v) is 18.4. The molecule has 0 saturated carbocycles. The van der Waals surface area contributed by atoms with Gasteiger partial charge in [0.1, 0.15) is 11.5 Å². The Kier molecular flexibility index (Phi) is 6.12. The van der Waals surface area contributed by atoms with Gasteiger partial charge in [-0.3, -0.25) is 14.5 Å². The summed E-state index contributed by atoms with van der Waals surface area (Å²) in [5, 5.41) is 0.551. The summed E-state index contributed by atoms with van der Waals surface area (Å²) in [5.74, 6) is -1.24. The zero-order chi connectivity index (χ0) is 22.1. The first-order valence-electron chi connectivity index (χ1n) is 10.4. The second kappa shape index (κ2) is 8.81. The van der Waals surface area contributed by atoms with Crippen molar-refractivity contribution in [1.82, 2.24) is 14.7 Å². The van der Waals surface area contributed by atoms with E-state index in [1.165, 1.54) is 6.07 Å². The van der Waals surface area contributed by atoms with Gasteiger partial charge in [-0.05, 0) is 56.7 Å². The van der Waals surface area contributed by atoms with Crippen LogP contribution >= 0.6 is 11.6 Å². The van der Waals surface area contributed by atoms with Crippen molar-refractivity contribution in [2.24, 2.45) is 0 Å². The molecule has 2 aromatic rings. The van der Waals surface area contributed by atoms with Crippen LogP contribution in [0.3, 0.4) is 0 Å². The Hall–Kier alpha value is -2.70. The number of nitrogens with zero attached hydrogens (tertiary/aromatic N) is 3. The van der Waals surface area contributed by atoms with Gasteiger partial charge in [0, 0.05) is 23.7 Å². The summed E-state index contributed by atoms with van der Waals surface area (Å²) in [7, 11) is 3.95. The highest BCUT2D eigenvalue weighted by atomic mass is 35.5. The third kappa shape index (κ3) is 4.23. The summed E-state index contributed by atoms with van der Waals surface area (Å²) in [6.07, 6.45) is 1.80. The summed E-state index contributed by atoms with van der Waals surface area (Å²) < 4.78 is 14.3. The summed E-state index contributed by atoms with van der Waals surface area (Å²) in [6.45, 7) is 1.76. The van der Waals surface area contributed by atoms with Crippen LogP contribution < -0.4 is 0 Å². The molecule has 0 aromatic heterocycles. The number of likely N-dealkylation sites (N-methyl/N-ethyl adjacent to an activating group) is 1. The number of benzene rings is 2. The molecule has 0 N–H and O–H groups in total. The van der Waals surface area contributed by atoms with E-state index in [0.29, 0.717) is 27.4 Å². The number of carbonyl (C=O) groups is 2. The minimum absolute atomic E-state index is 0.105. The smallest absolute Gasteiger partial charge is 0.278 e. The number of hydrogen-bond acceptors (Lipinski definition) is 4. The molecule has 0 unspecified atom stereocenters. The van der Waals surface area contributed by atoms with Gasteiger partial charge in [0.15, 0.2) is 0 Å². The molecule has 2 aliphatic rings. The first-order chi connectivity index (χ1) is 14.9. The van der Waals surface area contributed by atoms with Crippen LogP contribution in [0.15, 0.2) is 54.2 Å². The zero-order valence-electron chi connectivity index (χ0n) is 17.6. The summed E-state index contributed by atoms with van der Waals surface area (Å²) in [5.41, 5.74) is 1.66. The van der Waals surface area contributed by atoms with Gasteiger partial charge in [-0.2, -0.15) is 0 Å². The lowest BCUT2D eigenvalue weighted by atomic mass is 10.0. The quantitative estimate of drug-likeness (QED) is 0.662. The van der Waals surface area contributed by atoms with E-state index in [2.05, 4.69) is 11.9 Å². The molecule has 0 atom stereocenters. The van der Waals surface area contributed by atoms with Gasteiger partial charge in [0.25, 0.3) is 11.8 Å². The van der Waals surface area contributed by atoms with Gasteiger partial charge in [0.05, 0.1) is 12.1 Å². The Labute approximate surface area is 186 Å². The average Bonchev–Trinajstić information content (AvgIpc) is 3.00. The molecule has 0 spiro atoms. The van der Waals surface area contributed by atoms with Crippen molar-refractivity contribution in [2.45, 2.75) is 25.4 Å². The molecule has 1 fully saturated rings. The molecule has 0 aliphatic carbocycles. The fourth-order valence-electron chi connectivity index (χ4n) is 4.27. The Balaban J connectivity index is 1.72. The molecular weight excluding hydrogens is 417 g/mol. The van der Waals surface area contributed by atoms with Crippen LogP contribution in [0.5, 0.6) is 0 Å². The third-order valence-corrected chi connectivity index (χ3v) is 6.40.